The van der Waals surface area contributed by atoms with Crippen molar-refractivity contribution in [3.8, 4) is 0 Å². The van der Waals surface area contributed by atoms with Crippen LogP contribution in [0, 0.1) is 0 Å². The Morgan fingerprint density at radius 2 is 2.06 bits per heavy atom. The summed E-state index contributed by atoms with van der Waals surface area (Å²) in [5.41, 5.74) is 0. The van der Waals surface area contributed by atoms with Crippen molar-refractivity contribution in [3.05, 3.63) is 17.0 Å². The van der Waals surface area contributed by atoms with Gasteiger partial charge in [-0.1, -0.05) is 0 Å². The molecule has 0 spiro atoms. The fourth-order valence-electron chi connectivity index (χ4n) is 0.862. The number of carbonyl (C=O) groups excluding carboxylic acids is 1. The average molecular weight is 275 g/mol. The average Bonchev–Trinajstić information content (AvgIpc) is 2.61. The minimum Gasteiger partial charge on any atom is -0.380 e. The summed E-state index contributed by atoms with van der Waals surface area (Å²) >= 11 is 1.10. The van der Waals surface area contributed by atoms with Crippen LogP contribution in [0.15, 0.2) is 12.1 Å². The summed E-state index contributed by atoms with van der Waals surface area (Å²) in [5, 5.41) is 5.31. The molecule has 0 saturated heterocycles. The molecule has 16 heavy (non-hydrogen) atoms. The van der Waals surface area contributed by atoms with Gasteiger partial charge >= 0.3 is 6.18 Å². The van der Waals surface area contributed by atoms with Gasteiger partial charge in [0, 0.05) is 7.05 Å². The van der Waals surface area contributed by atoms with Crippen LogP contribution in [0.5, 0.6) is 0 Å². The van der Waals surface area contributed by atoms with Gasteiger partial charge in [0.05, 0.1) is 9.88 Å². The zero-order valence-corrected chi connectivity index (χ0v) is 9.85. The first-order valence-corrected chi connectivity index (χ1v) is 4.86. The van der Waals surface area contributed by atoms with Crippen LogP contribution < -0.4 is 10.6 Å². The van der Waals surface area contributed by atoms with Crippen LogP contribution in [0.4, 0.5) is 18.2 Å². The van der Waals surface area contributed by atoms with E-state index in [1.54, 1.807) is 18.4 Å². The molecule has 2 N–H and O–H groups in total. The first-order chi connectivity index (χ1) is 6.92. The summed E-state index contributed by atoms with van der Waals surface area (Å²) in [6.45, 7) is -1.31. The van der Waals surface area contributed by atoms with Gasteiger partial charge in [0.15, 0.2) is 0 Å². The maximum atomic E-state index is 11.8. The Morgan fingerprint density at radius 3 is 2.50 bits per heavy atom. The number of halogens is 4. The highest BCUT2D eigenvalue weighted by atomic mass is 35.5. The number of carbonyl (C=O) groups is 1. The van der Waals surface area contributed by atoms with Crippen molar-refractivity contribution in [2.75, 3.05) is 18.9 Å². The molecule has 1 rings (SSSR count). The van der Waals surface area contributed by atoms with Crippen molar-refractivity contribution >= 4 is 34.7 Å². The SMILES string of the molecule is CNc1ccc(C(=O)NCC(F)(F)F)s1.Cl. The van der Waals surface area contributed by atoms with Crippen molar-refractivity contribution in [1.29, 1.82) is 0 Å². The van der Waals surface area contributed by atoms with E-state index in [4.69, 9.17) is 0 Å². The first kappa shape index (κ1) is 15.0. The number of hydrogen-bond acceptors (Lipinski definition) is 3. The Bertz CT molecular complexity index is 353. The summed E-state index contributed by atoms with van der Waals surface area (Å²) in [5.74, 6) is -0.709. The van der Waals surface area contributed by atoms with Gasteiger partial charge in [0.25, 0.3) is 5.91 Å². The third-order valence-electron chi connectivity index (χ3n) is 1.53. The Hall–Kier alpha value is -0.950. The van der Waals surface area contributed by atoms with Gasteiger partial charge in [-0.15, -0.1) is 23.7 Å². The number of anilines is 1. The molecule has 0 unspecified atom stereocenters. The second-order valence-electron chi connectivity index (χ2n) is 2.71. The molecule has 0 bridgehead atoms. The number of nitrogens with one attached hydrogen (secondary N) is 2. The van der Waals surface area contributed by atoms with E-state index in [-0.39, 0.29) is 17.3 Å². The maximum Gasteiger partial charge on any atom is 0.405 e. The van der Waals surface area contributed by atoms with E-state index in [0.717, 1.165) is 16.3 Å². The molecule has 0 aliphatic heterocycles. The molecule has 92 valence electrons. The van der Waals surface area contributed by atoms with Gasteiger partial charge < -0.3 is 10.6 Å². The van der Waals surface area contributed by atoms with E-state index < -0.39 is 18.6 Å². The predicted molar refractivity (Wildman–Crippen MR) is 59.5 cm³/mol. The predicted octanol–water partition coefficient (Wildman–Crippen LogP) is 2.50. The molecular formula is C8H10ClF3N2OS. The van der Waals surface area contributed by atoms with Crippen LogP contribution in [0.1, 0.15) is 9.67 Å². The van der Waals surface area contributed by atoms with Gasteiger partial charge in [0.1, 0.15) is 6.54 Å². The topological polar surface area (TPSA) is 41.1 Å². The molecule has 1 aromatic heterocycles. The van der Waals surface area contributed by atoms with Gasteiger partial charge in [-0.2, -0.15) is 13.2 Å². The Balaban J connectivity index is 0.00000225. The van der Waals surface area contributed by atoms with E-state index in [1.165, 1.54) is 6.07 Å². The monoisotopic (exact) mass is 274 g/mol. The highest BCUT2D eigenvalue weighted by Gasteiger charge is 2.28. The van der Waals surface area contributed by atoms with E-state index in [2.05, 4.69) is 5.32 Å². The molecule has 8 heteroatoms. The summed E-state index contributed by atoms with van der Waals surface area (Å²) in [6.07, 6.45) is -4.38. The van der Waals surface area contributed by atoms with Crippen LogP contribution in [0.2, 0.25) is 0 Å². The second kappa shape index (κ2) is 5.95. The maximum absolute atomic E-state index is 11.8. The lowest BCUT2D eigenvalue weighted by Crippen LogP contribution is -2.33. The summed E-state index contributed by atoms with van der Waals surface area (Å²) in [7, 11) is 1.67. The van der Waals surface area contributed by atoms with Gasteiger partial charge in [0.2, 0.25) is 0 Å². The minimum atomic E-state index is -4.38. The molecule has 1 heterocycles. The lowest BCUT2D eigenvalue weighted by molar-refractivity contribution is -0.123. The van der Waals surface area contributed by atoms with E-state index >= 15 is 0 Å². The summed E-state index contributed by atoms with van der Waals surface area (Å²) in [4.78, 5) is 11.4. The molecule has 3 nitrogen and oxygen atoms in total. The normalized spacial score (nSPS) is 10.5. The van der Waals surface area contributed by atoms with Gasteiger partial charge in [-0.05, 0) is 12.1 Å². The lowest BCUT2D eigenvalue weighted by atomic mass is 10.4. The summed E-state index contributed by atoms with van der Waals surface area (Å²) in [6, 6.07) is 3.11. The molecule has 1 amide bonds. The van der Waals surface area contributed by atoms with Crippen molar-refractivity contribution in [1.82, 2.24) is 5.32 Å². The molecule has 0 aliphatic carbocycles. The van der Waals surface area contributed by atoms with E-state index in [1.807, 2.05) is 0 Å². The van der Waals surface area contributed by atoms with Crippen molar-refractivity contribution in [2.24, 2.45) is 0 Å². The Labute approximate surface area is 100 Å². The van der Waals surface area contributed by atoms with Crippen molar-refractivity contribution in [3.63, 3.8) is 0 Å². The molecule has 0 atom stereocenters. The van der Waals surface area contributed by atoms with Gasteiger partial charge in [-0.25, -0.2) is 0 Å². The van der Waals surface area contributed by atoms with Crippen LogP contribution >= 0.6 is 23.7 Å². The number of amides is 1. The molecule has 0 saturated carbocycles. The van der Waals surface area contributed by atoms with Crippen LogP contribution in [-0.4, -0.2) is 25.7 Å². The third kappa shape index (κ3) is 4.71. The molecule has 0 fully saturated rings. The Morgan fingerprint density at radius 1 is 1.44 bits per heavy atom. The molecule has 0 aliphatic rings. The molecule has 1 aromatic rings. The quantitative estimate of drug-likeness (QED) is 0.889. The molecule has 0 aromatic carbocycles. The lowest BCUT2D eigenvalue weighted by Gasteiger charge is -2.06. The highest BCUT2D eigenvalue weighted by Crippen LogP contribution is 2.21. The zero-order valence-electron chi connectivity index (χ0n) is 8.22. The number of rotatable bonds is 3. The fourth-order valence-corrected chi connectivity index (χ4v) is 1.64. The van der Waals surface area contributed by atoms with Crippen molar-refractivity contribution < 1.29 is 18.0 Å². The smallest absolute Gasteiger partial charge is 0.380 e. The largest absolute Gasteiger partial charge is 0.405 e. The fraction of sp³-hybridized carbons (Fsp3) is 0.375. The van der Waals surface area contributed by atoms with Crippen LogP contribution in [0.3, 0.4) is 0 Å². The highest BCUT2D eigenvalue weighted by molar-refractivity contribution is 7.17. The van der Waals surface area contributed by atoms with Crippen LogP contribution in [0.25, 0.3) is 0 Å². The number of thiophene rings is 1. The van der Waals surface area contributed by atoms with Crippen molar-refractivity contribution in [2.45, 2.75) is 6.18 Å². The number of hydrogen-bond donors (Lipinski definition) is 2. The first-order valence-electron chi connectivity index (χ1n) is 4.05. The summed E-state index contributed by atoms with van der Waals surface area (Å²) < 4.78 is 35.3. The molecule has 0 radical (unpaired) electrons. The zero-order chi connectivity index (χ0) is 11.5. The van der Waals surface area contributed by atoms with Crippen LogP contribution in [-0.2, 0) is 0 Å². The molecular weight excluding hydrogens is 265 g/mol. The second-order valence-corrected chi connectivity index (χ2v) is 3.80. The Kier molecular flexibility index (Phi) is 5.60. The number of alkyl halides is 3. The standard InChI is InChI=1S/C8H9F3N2OS.ClH/c1-12-6-3-2-5(15-6)7(14)13-4-8(9,10)11;/h2-3,12H,4H2,1H3,(H,13,14);1H. The minimum absolute atomic E-state index is 0. The van der Waals surface area contributed by atoms with E-state index in [9.17, 15) is 18.0 Å². The third-order valence-corrected chi connectivity index (χ3v) is 2.63. The van der Waals surface area contributed by atoms with E-state index in [0.29, 0.717) is 0 Å². The van der Waals surface area contributed by atoms with Gasteiger partial charge in [-0.3, -0.25) is 4.79 Å².